The van der Waals surface area contributed by atoms with E-state index in [4.69, 9.17) is 0 Å². The molecule has 4 rings (SSSR count). The van der Waals surface area contributed by atoms with Crippen LogP contribution in [0.15, 0.2) is 65.9 Å². The van der Waals surface area contributed by atoms with Crippen LogP contribution in [0.2, 0.25) is 0 Å². The fourth-order valence-corrected chi connectivity index (χ4v) is 3.05. The van der Waals surface area contributed by atoms with Crippen molar-refractivity contribution in [1.82, 2.24) is 10.4 Å². The molecule has 2 aromatic carbocycles. The second-order valence-electron chi connectivity index (χ2n) is 6.17. The predicted molar refractivity (Wildman–Crippen MR) is 94.7 cm³/mol. The van der Waals surface area contributed by atoms with E-state index in [2.05, 4.69) is 15.5 Å². The molecule has 1 amide bonds. The number of pyridine rings is 1. The molecule has 2 unspecified atom stereocenters. The van der Waals surface area contributed by atoms with Gasteiger partial charge in [-0.25, -0.2) is 9.82 Å². The van der Waals surface area contributed by atoms with E-state index >= 15 is 0 Å². The first-order valence-electron chi connectivity index (χ1n) is 8.14. The molecule has 0 spiro atoms. The maximum atomic E-state index is 14.0. The maximum absolute atomic E-state index is 14.0. The SMILES string of the molecule is O=C(N/N=C/c1cc(F)c2ncccc2c1)C1CC1c1ccccc1. The van der Waals surface area contributed by atoms with Crippen molar-refractivity contribution < 1.29 is 9.18 Å². The molecule has 0 radical (unpaired) electrons. The van der Waals surface area contributed by atoms with Crippen molar-refractivity contribution in [3.05, 3.63) is 77.7 Å². The average Bonchev–Trinajstić information content (AvgIpc) is 3.43. The summed E-state index contributed by atoms with van der Waals surface area (Å²) in [5, 5.41) is 4.66. The Balaban J connectivity index is 1.41. The van der Waals surface area contributed by atoms with Gasteiger partial charge in [0, 0.05) is 17.5 Å². The van der Waals surface area contributed by atoms with Crippen LogP contribution in [0.3, 0.4) is 0 Å². The number of aromatic nitrogens is 1. The lowest BCUT2D eigenvalue weighted by Crippen LogP contribution is -2.20. The van der Waals surface area contributed by atoms with Crippen molar-refractivity contribution >= 4 is 23.0 Å². The minimum Gasteiger partial charge on any atom is -0.273 e. The number of carbonyl (C=O) groups is 1. The van der Waals surface area contributed by atoms with E-state index in [0.717, 1.165) is 6.42 Å². The number of benzene rings is 2. The van der Waals surface area contributed by atoms with Gasteiger partial charge in [-0.1, -0.05) is 36.4 Å². The smallest absolute Gasteiger partial charge is 0.243 e. The zero-order valence-electron chi connectivity index (χ0n) is 13.4. The second-order valence-corrected chi connectivity index (χ2v) is 6.17. The van der Waals surface area contributed by atoms with Crippen LogP contribution < -0.4 is 5.43 Å². The molecule has 0 bridgehead atoms. The summed E-state index contributed by atoms with van der Waals surface area (Å²) in [5.74, 6) is -0.289. The number of amides is 1. The third-order valence-electron chi connectivity index (χ3n) is 4.42. The summed E-state index contributed by atoms with van der Waals surface area (Å²) in [6.07, 6.45) is 3.84. The Morgan fingerprint density at radius 2 is 2.04 bits per heavy atom. The van der Waals surface area contributed by atoms with Crippen molar-refractivity contribution in [3.63, 3.8) is 0 Å². The Labute approximate surface area is 144 Å². The van der Waals surface area contributed by atoms with E-state index in [1.807, 2.05) is 30.3 Å². The summed E-state index contributed by atoms with van der Waals surface area (Å²) in [7, 11) is 0. The fraction of sp³-hybridized carbons (Fsp3) is 0.150. The average molecular weight is 333 g/mol. The first-order chi connectivity index (χ1) is 12.2. The number of halogens is 1. The quantitative estimate of drug-likeness (QED) is 0.585. The fourth-order valence-electron chi connectivity index (χ4n) is 3.05. The monoisotopic (exact) mass is 333 g/mol. The second kappa shape index (κ2) is 6.43. The maximum Gasteiger partial charge on any atom is 0.243 e. The molecule has 1 saturated carbocycles. The highest BCUT2D eigenvalue weighted by molar-refractivity contribution is 5.90. The first-order valence-corrected chi connectivity index (χ1v) is 8.14. The number of fused-ring (bicyclic) bond motifs is 1. The number of carbonyl (C=O) groups excluding carboxylic acids is 1. The number of hydrazone groups is 1. The van der Waals surface area contributed by atoms with Gasteiger partial charge in [0.2, 0.25) is 5.91 Å². The molecular weight excluding hydrogens is 317 g/mol. The number of nitrogens with zero attached hydrogens (tertiary/aromatic N) is 2. The number of nitrogens with one attached hydrogen (secondary N) is 1. The molecule has 0 saturated heterocycles. The molecule has 1 aliphatic rings. The molecule has 124 valence electrons. The highest BCUT2D eigenvalue weighted by Crippen LogP contribution is 2.47. The van der Waals surface area contributed by atoms with Crippen LogP contribution in [0.5, 0.6) is 0 Å². The van der Waals surface area contributed by atoms with Crippen LogP contribution in [-0.2, 0) is 4.79 Å². The van der Waals surface area contributed by atoms with Crippen LogP contribution >= 0.6 is 0 Å². The molecule has 5 heteroatoms. The van der Waals surface area contributed by atoms with E-state index in [-0.39, 0.29) is 17.7 Å². The Bertz CT molecular complexity index is 956. The molecule has 2 atom stereocenters. The number of hydrogen-bond donors (Lipinski definition) is 1. The highest BCUT2D eigenvalue weighted by Gasteiger charge is 2.43. The van der Waals surface area contributed by atoms with E-state index in [1.54, 1.807) is 24.4 Å². The van der Waals surface area contributed by atoms with Gasteiger partial charge in [0.15, 0.2) is 0 Å². The third-order valence-corrected chi connectivity index (χ3v) is 4.42. The van der Waals surface area contributed by atoms with E-state index < -0.39 is 5.82 Å². The summed E-state index contributed by atoms with van der Waals surface area (Å²) >= 11 is 0. The molecule has 1 aliphatic carbocycles. The summed E-state index contributed by atoms with van der Waals surface area (Å²) in [4.78, 5) is 16.2. The molecule has 3 aromatic rings. The lowest BCUT2D eigenvalue weighted by Gasteiger charge is -2.02. The summed E-state index contributed by atoms with van der Waals surface area (Å²) < 4.78 is 14.0. The van der Waals surface area contributed by atoms with Gasteiger partial charge in [-0.2, -0.15) is 5.10 Å². The normalized spacial score (nSPS) is 19.2. The molecule has 25 heavy (non-hydrogen) atoms. The van der Waals surface area contributed by atoms with Gasteiger partial charge in [0.1, 0.15) is 11.3 Å². The van der Waals surface area contributed by atoms with Crippen molar-refractivity contribution in [1.29, 1.82) is 0 Å². The summed E-state index contributed by atoms with van der Waals surface area (Å²) in [6.45, 7) is 0. The standard InChI is InChI=1S/C20H16FN3O/c21-18-10-13(9-15-7-4-8-22-19(15)18)12-23-24-20(25)17-11-16(17)14-5-2-1-3-6-14/h1-10,12,16-17H,11H2,(H,24,25)/b23-12+. The highest BCUT2D eigenvalue weighted by atomic mass is 19.1. The van der Waals surface area contributed by atoms with Gasteiger partial charge in [-0.3, -0.25) is 9.78 Å². The van der Waals surface area contributed by atoms with Crippen LogP contribution in [0.1, 0.15) is 23.5 Å². The summed E-state index contributed by atoms with van der Waals surface area (Å²) in [5.41, 5.74) is 4.63. The van der Waals surface area contributed by atoms with Crippen molar-refractivity contribution in [2.75, 3.05) is 0 Å². The van der Waals surface area contributed by atoms with Gasteiger partial charge >= 0.3 is 0 Å². The number of hydrogen-bond acceptors (Lipinski definition) is 3. The Hall–Kier alpha value is -3.08. The largest absolute Gasteiger partial charge is 0.273 e. The van der Waals surface area contributed by atoms with Crippen LogP contribution in [0, 0.1) is 11.7 Å². The van der Waals surface area contributed by atoms with Crippen LogP contribution in [-0.4, -0.2) is 17.1 Å². The zero-order valence-corrected chi connectivity index (χ0v) is 13.4. The Kier molecular flexibility index (Phi) is 3.98. The Morgan fingerprint density at radius 3 is 2.88 bits per heavy atom. The molecule has 1 heterocycles. The molecule has 4 nitrogen and oxygen atoms in total. The van der Waals surface area contributed by atoms with E-state index in [0.29, 0.717) is 16.5 Å². The number of rotatable bonds is 4. The summed E-state index contributed by atoms with van der Waals surface area (Å²) in [6, 6.07) is 16.7. The lowest BCUT2D eigenvalue weighted by atomic mass is 10.1. The van der Waals surface area contributed by atoms with E-state index in [9.17, 15) is 9.18 Å². The van der Waals surface area contributed by atoms with Crippen molar-refractivity contribution in [2.45, 2.75) is 12.3 Å². The van der Waals surface area contributed by atoms with Crippen LogP contribution in [0.4, 0.5) is 4.39 Å². The minimum absolute atomic E-state index is 0.0444. The predicted octanol–water partition coefficient (Wildman–Crippen LogP) is 3.63. The lowest BCUT2D eigenvalue weighted by molar-refractivity contribution is -0.122. The van der Waals surface area contributed by atoms with Crippen molar-refractivity contribution in [2.24, 2.45) is 11.0 Å². The van der Waals surface area contributed by atoms with Crippen molar-refractivity contribution in [3.8, 4) is 0 Å². The molecule has 1 fully saturated rings. The van der Waals surface area contributed by atoms with Gasteiger partial charge in [-0.05, 0) is 41.7 Å². The van der Waals surface area contributed by atoms with Gasteiger partial charge in [0.25, 0.3) is 0 Å². The third kappa shape index (κ3) is 3.26. The topological polar surface area (TPSA) is 54.4 Å². The first kappa shape index (κ1) is 15.4. The van der Waals surface area contributed by atoms with Gasteiger partial charge in [-0.15, -0.1) is 0 Å². The van der Waals surface area contributed by atoms with Crippen LogP contribution in [0.25, 0.3) is 10.9 Å². The minimum atomic E-state index is -0.405. The molecule has 1 aromatic heterocycles. The molecule has 0 aliphatic heterocycles. The molecule has 1 N–H and O–H groups in total. The Morgan fingerprint density at radius 1 is 1.20 bits per heavy atom. The van der Waals surface area contributed by atoms with E-state index in [1.165, 1.54) is 17.8 Å². The molecular formula is C20H16FN3O. The van der Waals surface area contributed by atoms with Gasteiger partial charge in [0.05, 0.1) is 6.21 Å². The van der Waals surface area contributed by atoms with Gasteiger partial charge < -0.3 is 0 Å². The zero-order chi connectivity index (χ0) is 17.2.